The van der Waals surface area contributed by atoms with Crippen LogP contribution in [0.4, 0.5) is 4.39 Å². The van der Waals surface area contributed by atoms with E-state index >= 15 is 0 Å². The van der Waals surface area contributed by atoms with Gasteiger partial charge in [-0.15, -0.1) is 0 Å². The first-order valence-electron chi connectivity index (χ1n) is 4.87. The first kappa shape index (κ1) is 8.45. The molecule has 0 aromatic rings. The van der Waals surface area contributed by atoms with Crippen LogP contribution in [0, 0.1) is 0 Å². The molecule has 2 nitrogen and oxygen atoms in total. The summed E-state index contributed by atoms with van der Waals surface area (Å²) in [5.74, 6) is 0. The van der Waals surface area contributed by atoms with E-state index in [1.807, 2.05) is 0 Å². The van der Waals surface area contributed by atoms with Gasteiger partial charge in [-0.2, -0.15) is 0 Å². The van der Waals surface area contributed by atoms with Gasteiger partial charge in [-0.25, -0.2) is 4.39 Å². The number of fused-ring (bicyclic) bond motifs is 1. The van der Waals surface area contributed by atoms with Crippen LogP contribution in [0.25, 0.3) is 0 Å². The van der Waals surface area contributed by atoms with Crippen molar-refractivity contribution >= 4 is 0 Å². The molecule has 2 atom stereocenters. The van der Waals surface area contributed by atoms with Crippen molar-refractivity contribution < 1.29 is 4.39 Å². The maximum atomic E-state index is 13.8. The number of nitrogens with two attached hydrogens (primary N) is 1. The van der Waals surface area contributed by atoms with E-state index in [1.165, 1.54) is 19.4 Å². The maximum absolute atomic E-state index is 13.8. The second kappa shape index (κ2) is 2.96. The van der Waals surface area contributed by atoms with Crippen LogP contribution >= 0.6 is 0 Å². The van der Waals surface area contributed by atoms with Gasteiger partial charge in [-0.3, -0.25) is 0 Å². The van der Waals surface area contributed by atoms with Crippen molar-refractivity contribution in [2.75, 3.05) is 19.6 Å². The van der Waals surface area contributed by atoms with Crippen LogP contribution in [-0.4, -0.2) is 36.2 Å². The van der Waals surface area contributed by atoms with Gasteiger partial charge in [-0.05, 0) is 32.2 Å². The molecule has 0 spiro atoms. The van der Waals surface area contributed by atoms with Crippen LogP contribution in [0.15, 0.2) is 0 Å². The minimum Gasteiger partial charge on any atom is -0.328 e. The SMILES string of the molecule is NCC1(F)CCN2CCCC2C1. The summed E-state index contributed by atoms with van der Waals surface area (Å²) in [6, 6.07) is 0.493. The molecule has 2 fully saturated rings. The number of rotatable bonds is 1. The molecular formula is C9H17FN2. The summed E-state index contributed by atoms with van der Waals surface area (Å²) in [4.78, 5) is 2.41. The molecule has 2 unspecified atom stereocenters. The zero-order valence-electron chi connectivity index (χ0n) is 7.43. The molecule has 2 aliphatic heterocycles. The molecule has 3 heteroatoms. The number of piperidine rings is 1. The highest BCUT2D eigenvalue weighted by Gasteiger charge is 2.40. The molecular weight excluding hydrogens is 155 g/mol. The highest BCUT2D eigenvalue weighted by molar-refractivity contribution is 4.95. The summed E-state index contributed by atoms with van der Waals surface area (Å²) in [5.41, 5.74) is 4.38. The fraction of sp³-hybridized carbons (Fsp3) is 1.00. The van der Waals surface area contributed by atoms with E-state index in [9.17, 15) is 4.39 Å². The molecule has 2 N–H and O–H groups in total. The van der Waals surface area contributed by atoms with Gasteiger partial charge in [-0.1, -0.05) is 0 Å². The Balaban J connectivity index is 2.00. The smallest absolute Gasteiger partial charge is 0.125 e. The Morgan fingerprint density at radius 1 is 1.50 bits per heavy atom. The second-order valence-electron chi connectivity index (χ2n) is 4.14. The van der Waals surface area contributed by atoms with Crippen molar-refractivity contribution in [2.45, 2.75) is 37.4 Å². The standard InChI is InChI=1S/C9H17FN2/c10-9(7-11)3-5-12-4-1-2-8(12)6-9/h8H,1-7,11H2. The molecule has 0 bridgehead atoms. The van der Waals surface area contributed by atoms with E-state index in [1.54, 1.807) is 0 Å². The van der Waals surface area contributed by atoms with E-state index in [0.29, 0.717) is 18.9 Å². The van der Waals surface area contributed by atoms with Crippen LogP contribution in [0.1, 0.15) is 25.7 Å². The molecule has 0 amide bonds. The number of hydrogen-bond acceptors (Lipinski definition) is 2. The molecule has 12 heavy (non-hydrogen) atoms. The molecule has 0 aliphatic carbocycles. The van der Waals surface area contributed by atoms with Crippen molar-refractivity contribution in [3.8, 4) is 0 Å². The molecule has 0 saturated carbocycles. The van der Waals surface area contributed by atoms with Crippen molar-refractivity contribution in [1.29, 1.82) is 0 Å². The zero-order valence-corrected chi connectivity index (χ0v) is 7.43. The van der Waals surface area contributed by atoms with E-state index in [4.69, 9.17) is 5.73 Å². The molecule has 2 rings (SSSR count). The van der Waals surface area contributed by atoms with E-state index in [2.05, 4.69) is 4.90 Å². The van der Waals surface area contributed by atoms with Gasteiger partial charge >= 0.3 is 0 Å². The van der Waals surface area contributed by atoms with Gasteiger partial charge in [0.15, 0.2) is 0 Å². The quantitative estimate of drug-likeness (QED) is 0.637. The molecule has 2 saturated heterocycles. The summed E-state index contributed by atoms with van der Waals surface area (Å²) in [5, 5.41) is 0. The lowest BCUT2D eigenvalue weighted by atomic mass is 9.88. The van der Waals surface area contributed by atoms with E-state index in [0.717, 1.165) is 6.54 Å². The number of halogens is 1. The zero-order chi connectivity index (χ0) is 8.60. The first-order valence-corrected chi connectivity index (χ1v) is 4.87. The topological polar surface area (TPSA) is 29.3 Å². The minimum absolute atomic E-state index is 0.206. The molecule has 0 radical (unpaired) electrons. The lowest BCUT2D eigenvalue weighted by Gasteiger charge is -2.38. The van der Waals surface area contributed by atoms with Crippen molar-refractivity contribution in [3.05, 3.63) is 0 Å². The van der Waals surface area contributed by atoms with Gasteiger partial charge in [0.2, 0.25) is 0 Å². The molecule has 0 aromatic carbocycles. The van der Waals surface area contributed by atoms with Gasteiger partial charge in [0.05, 0.1) is 0 Å². The predicted octanol–water partition coefficient (Wildman–Crippen LogP) is 0.912. The number of hydrogen-bond donors (Lipinski definition) is 1. The van der Waals surface area contributed by atoms with Crippen LogP contribution in [-0.2, 0) is 0 Å². The molecule has 2 aliphatic rings. The summed E-state index contributed by atoms with van der Waals surface area (Å²) in [6.07, 6.45) is 3.72. The second-order valence-corrected chi connectivity index (χ2v) is 4.14. The van der Waals surface area contributed by atoms with Gasteiger partial charge < -0.3 is 10.6 Å². The predicted molar refractivity (Wildman–Crippen MR) is 46.7 cm³/mol. The lowest BCUT2D eigenvalue weighted by molar-refractivity contribution is 0.0436. The highest BCUT2D eigenvalue weighted by Crippen LogP contribution is 2.34. The first-order chi connectivity index (χ1) is 5.73. The Bertz CT molecular complexity index is 174. The third kappa shape index (κ3) is 1.36. The summed E-state index contributed by atoms with van der Waals surface area (Å²) in [6.45, 7) is 2.29. The monoisotopic (exact) mass is 172 g/mol. The Morgan fingerprint density at radius 2 is 2.33 bits per heavy atom. The maximum Gasteiger partial charge on any atom is 0.125 e. The minimum atomic E-state index is -1.05. The van der Waals surface area contributed by atoms with Crippen molar-refractivity contribution in [1.82, 2.24) is 4.90 Å². The van der Waals surface area contributed by atoms with Crippen LogP contribution < -0.4 is 5.73 Å². The van der Waals surface area contributed by atoms with Crippen molar-refractivity contribution in [3.63, 3.8) is 0 Å². The summed E-state index contributed by atoms with van der Waals surface area (Å²) in [7, 11) is 0. The Kier molecular flexibility index (Phi) is 2.09. The number of nitrogens with zero attached hydrogens (tertiary/aromatic N) is 1. The van der Waals surface area contributed by atoms with Crippen LogP contribution in [0.2, 0.25) is 0 Å². The molecule has 2 heterocycles. The van der Waals surface area contributed by atoms with Crippen LogP contribution in [0.3, 0.4) is 0 Å². The van der Waals surface area contributed by atoms with Gasteiger partial charge in [0.1, 0.15) is 5.67 Å². The third-order valence-electron chi connectivity index (χ3n) is 3.31. The third-order valence-corrected chi connectivity index (χ3v) is 3.31. The van der Waals surface area contributed by atoms with Gasteiger partial charge in [0.25, 0.3) is 0 Å². The Labute approximate surface area is 72.9 Å². The fourth-order valence-corrected chi connectivity index (χ4v) is 2.47. The normalized spacial score (nSPS) is 43.0. The number of alkyl halides is 1. The summed E-state index contributed by atoms with van der Waals surface area (Å²) < 4.78 is 13.8. The molecule has 70 valence electrons. The average molecular weight is 172 g/mol. The highest BCUT2D eigenvalue weighted by atomic mass is 19.1. The fourth-order valence-electron chi connectivity index (χ4n) is 2.47. The van der Waals surface area contributed by atoms with Crippen molar-refractivity contribution in [2.24, 2.45) is 5.73 Å². The largest absolute Gasteiger partial charge is 0.328 e. The Morgan fingerprint density at radius 3 is 3.08 bits per heavy atom. The van der Waals surface area contributed by atoms with E-state index < -0.39 is 5.67 Å². The Hall–Kier alpha value is -0.150. The molecule has 0 aromatic heterocycles. The average Bonchev–Trinajstić information content (AvgIpc) is 2.51. The lowest BCUT2D eigenvalue weighted by Crippen LogP contribution is -2.48. The van der Waals surface area contributed by atoms with Crippen LogP contribution in [0.5, 0.6) is 0 Å². The van der Waals surface area contributed by atoms with Gasteiger partial charge in [0, 0.05) is 19.1 Å². The van der Waals surface area contributed by atoms with E-state index in [-0.39, 0.29) is 6.54 Å². The summed E-state index contributed by atoms with van der Waals surface area (Å²) >= 11 is 0.